The zero-order chi connectivity index (χ0) is 28.0. The fraction of sp³-hybridized carbons (Fsp3) is 0. The second kappa shape index (κ2) is 16.4. The maximum atomic E-state index is 9.89. The Kier molecular flexibility index (Phi) is 12.3. The molecule has 0 N–H and O–H groups in total. The van der Waals surface area contributed by atoms with Crippen LogP contribution < -0.4 is 10.0 Å². The van der Waals surface area contributed by atoms with Gasteiger partial charge in [-0.1, -0.05) is 0 Å². The van der Waals surface area contributed by atoms with Crippen LogP contribution in [-0.2, 0) is 0 Å². The van der Waals surface area contributed by atoms with Crippen molar-refractivity contribution < 1.29 is 14.4 Å². The van der Waals surface area contributed by atoms with Crippen LogP contribution in [0, 0.1) is 0 Å². The summed E-state index contributed by atoms with van der Waals surface area (Å²) < 4.78 is 16.0. The normalized spacial score (nSPS) is 9.88. The summed E-state index contributed by atoms with van der Waals surface area (Å²) in [6, 6.07) is 56.3. The number of hydrogen-bond donors (Lipinski definition) is 0. The molecule has 6 rings (SSSR count). The van der Waals surface area contributed by atoms with E-state index in [1.165, 1.54) is 36.6 Å². The van der Waals surface area contributed by atoms with Crippen LogP contribution in [0.25, 0.3) is 36.6 Å². The first-order valence-corrected chi connectivity index (χ1v) is 17.3. The van der Waals surface area contributed by atoms with Crippen molar-refractivity contribution >= 4 is 48.3 Å². The Morgan fingerprint density at radius 2 is 0.550 bits per heavy atom. The zero-order valence-electron chi connectivity index (χ0n) is 21.6. The summed E-state index contributed by atoms with van der Waals surface area (Å²) in [4.78, 5) is 0. The van der Waals surface area contributed by atoms with Crippen molar-refractivity contribution in [2.24, 2.45) is 0 Å². The van der Waals surface area contributed by atoms with Gasteiger partial charge in [0, 0.05) is 0 Å². The molecule has 0 bridgehead atoms. The Morgan fingerprint density at radius 1 is 0.350 bits per heavy atom. The van der Waals surface area contributed by atoms with Gasteiger partial charge in [0.2, 0.25) is 0 Å². The number of benzene rings is 4. The van der Waals surface area contributed by atoms with Gasteiger partial charge in [0.1, 0.15) is 7.40 Å². The van der Waals surface area contributed by atoms with Gasteiger partial charge in [-0.3, -0.25) is 0 Å². The summed E-state index contributed by atoms with van der Waals surface area (Å²) in [7, 11) is -3.17. The van der Waals surface area contributed by atoms with Gasteiger partial charge in [-0.2, -0.15) is 0 Å². The van der Waals surface area contributed by atoms with E-state index in [0.29, 0.717) is 0 Å². The molecule has 0 atom stereocenters. The van der Waals surface area contributed by atoms with E-state index in [1.54, 1.807) is 0 Å². The van der Waals surface area contributed by atoms with Crippen molar-refractivity contribution in [3.8, 4) is 36.6 Å². The third-order valence-electron chi connectivity index (χ3n) is 5.66. The van der Waals surface area contributed by atoms with Crippen LogP contribution in [0.1, 0.15) is 0 Å². The van der Waals surface area contributed by atoms with Gasteiger partial charge in [0.25, 0.3) is 0 Å². The Hall–Kier alpha value is -2.93. The van der Waals surface area contributed by atoms with Gasteiger partial charge in [0.05, 0.1) is 0 Å². The molecule has 6 heteroatoms. The van der Waals surface area contributed by atoms with Crippen molar-refractivity contribution in [3.63, 3.8) is 0 Å². The minimum absolute atomic E-state index is 0.281. The first-order chi connectivity index (χ1) is 19.6. The van der Waals surface area contributed by atoms with Crippen LogP contribution in [0.3, 0.4) is 0 Å². The molecule has 2 heterocycles. The quantitative estimate of drug-likeness (QED) is 0.197. The van der Waals surface area contributed by atoms with Crippen molar-refractivity contribution in [3.05, 3.63) is 158 Å². The molecule has 0 saturated carbocycles. The van der Waals surface area contributed by atoms with Crippen LogP contribution in [-0.4, -0.2) is 48.3 Å². The molecule has 196 valence electrons. The standard InChI is InChI=1S/2C17H13Te.BFO2/c2*1-3-8-14(9-4-1)16-12-7-13-17(18-16)15-10-5-2-6-11-15;2-1(3)4/h2*1-13H;/q2*+1;-2. The molecule has 0 unspecified atom stereocenters. The first kappa shape index (κ1) is 30.0. The third kappa shape index (κ3) is 9.62. The zero-order valence-corrected chi connectivity index (χ0v) is 26.3. The molecule has 0 radical (unpaired) electrons. The van der Waals surface area contributed by atoms with Gasteiger partial charge in [0.15, 0.2) is 0 Å². The monoisotopic (exact) mass is 756 g/mol. The van der Waals surface area contributed by atoms with Gasteiger partial charge < -0.3 is 14.4 Å². The first-order valence-electron chi connectivity index (χ1n) is 12.6. The molecule has 6 aromatic rings. The Balaban J connectivity index is 0.000000164. The van der Waals surface area contributed by atoms with Crippen LogP contribution in [0.15, 0.2) is 158 Å². The SMILES string of the molecule is [O-]B([O-])F.c1ccc(-c2cccc(-c3ccccc3)[te+]2)cc1.c1ccc(-c2cccc(-c3ccccc3)[te+]2)cc1. The fourth-order valence-electron chi connectivity index (χ4n) is 3.85. The van der Waals surface area contributed by atoms with Gasteiger partial charge in [-0.25, -0.2) is 0 Å². The van der Waals surface area contributed by atoms with Crippen molar-refractivity contribution in [1.29, 1.82) is 0 Å². The summed E-state index contributed by atoms with van der Waals surface area (Å²) in [5.74, 6) is 0. The van der Waals surface area contributed by atoms with E-state index in [4.69, 9.17) is 10.0 Å². The molecule has 2 nitrogen and oxygen atoms in total. The average molecular weight is 752 g/mol. The van der Waals surface area contributed by atoms with Gasteiger partial charge in [-0.05, 0) is 0 Å². The molecular formula is C34H26BFO2Te2. The summed E-state index contributed by atoms with van der Waals surface area (Å²) >= 11 is -0.562. The molecule has 0 aliphatic carbocycles. The minimum atomic E-state index is -3.17. The summed E-state index contributed by atoms with van der Waals surface area (Å²) in [5, 5.41) is 16.6. The molecule has 0 spiro atoms. The van der Waals surface area contributed by atoms with Crippen LogP contribution in [0.2, 0.25) is 0 Å². The Labute approximate surface area is 255 Å². The van der Waals surface area contributed by atoms with Crippen LogP contribution in [0.5, 0.6) is 0 Å². The van der Waals surface area contributed by atoms with Crippen LogP contribution in [0.4, 0.5) is 4.32 Å². The fourth-order valence-corrected chi connectivity index (χ4v) is 9.77. The molecule has 0 aliphatic rings. The molecular weight excluding hydrogens is 725 g/mol. The second-order valence-corrected chi connectivity index (χ2v) is 14.6. The van der Waals surface area contributed by atoms with E-state index < -0.39 is 7.40 Å². The number of halogens is 1. The van der Waals surface area contributed by atoms with Crippen molar-refractivity contribution in [2.45, 2.75) is 0 Å². The molecule has 2 aromatic heterocycles. The van der Waals surface area contributed by atoms with E-state index in [-0.39, 0.29) is 40.9 Å². The molecule has 4 aromatic carbocycles. The van der Waals surface area contributed by atoms with E-state index in [1.807, 2.05) is 0 Å². The number of rotatable bonds is 4. The number of hydrogen-bond acceptors (Lipinski definition) is 2. The summed E-state index contributed by atoms with van der Waals surface area (Å²) in [6.45, 7) is 0. The van der Waals surface area contributed by atoms with E-state index in [0.717, 1.165) is 0 Å². The van der Waals surface area contributed by atoms with E-state index >= 15 is 0 Å². The topological polar surface area (TPSA) is 46.1 Å². The molecule has 0 aliphatic heterocycles. The average Bonchev–Trinajstić information content (AvgIpc) is 3.03. The van der Waals surface area contributed by atoms with Gasteiger partial charge in [-0.15, -0.1) is 0 Å². The van der Waals surface area contributed by atoms with Crippen LogP contribution >= 0.6 is 0 Å². The van der Waals surface area contributed by atoms with Gasteiger partial charge >= 0.3 is 235 Å². The summed E-state index contributed by atoms with van der Waals surface area (Å²) in [6.07, 6.45) is 0. The summed E-state index contributed by atoms with van der Waals surface area (Å²) in [5.41, 5.74) is 5.49. The van der Waals surface area contributed by atoms with Crippen molar-refractivity contribution in [2.75, 3.05) is 0 Å². The Bertz CT molecular complexity index is 1340. The third-order valence-corrected chi connectivity index (χ3v) is 12.4. The predicted octanol–water partition coefficient (Wildman–Crippen LogP) is 6.38. The molecule has 40 heavy (non-hydrogen) atoms. The molecule has 0 amide bonds. The van der Waals surface area contributed by atoms with E-state index in [2.05, 4.69) is 158 Å². The maximum absolute atomic E-state index is 9.89. The predicted molar refractivity (Wildman–Crippen MR) is 164 cm³/mol. The van der Waals surface area contributed by atoms with Crippen molar-refractivity contribution in [1.82, 2.24) is 0 Å². The molecule has 0 fully saturated rings. The Morgan fingerprint density at radius 3 is 0.750 bits per heavy atom. The second-order valence-electron chi connectivity index (χ2n) is 8.45. The van der Waals surface area contributed by atoms with E-state index in [9.17, 15) is 4.32 Å². The molecule has 0 saturated heterocycles.